The van der Waals surface area contributed by atoms with E-state index in [2.05, 4.69) is 10.1 Å². The molecule has 1 aromatic carbocycles. The summed E-state index contributed by atoms with van der Waals surface area (Å²) in [6.45, 7) is 3.40. The van der Waals surface area contributed by atoms with Gasteiger partial charge in [-0.15, -0.1) is 4.91 Å². The lowest BCUT2D eigenvalue weighted by Crippen LogP contribution is -2.37. The molecule has 3 heterocycles. The first-order valence-corrected chi connectivity index (χ1v) is 10.2. The molecule has 0 bridgehead atoms. The highest BCUT2D eigenvalue weighted by atomic mass is 16.5. The average Bonchev–Trinajstić information content (AvgIpc) is 3.64. The van der Waals surface area contributed by atoms with Gasteiger partial charge >= 0.3 is 0 Å². The number of pyridine rings is 1. The van der Waals surface area contributed by atoms with Gasteiger partial charge < -0.3 is 9.64 Å². The zero-order valence-corrected chi connectivity index (χ0v) is 16.6. The number of aromatic nitrogens is 3. The molecule has 1 saturated heterocycles. The lowest BCUT2D eigenvalue weighted by Gasteiger charge is -2.28. The Morgan fingerprint density at radius 1 is 1.20 bits per heavy atom. The van der Waals surface area contributed by atoms with Crippen molar-refractivity contribution < 1.29 is 4.74 Å². The molecule has 0 spiro atoms. The molecule has 30 heavy (non-hydrogen) atoms. The normalized spacial score (nSPS) is 16.9. The molecule has 0 atom stereocenters. The summed E-state index contributed by atoms with van der Waals surface area (Å²) in [5.41, 5.74) is 3.61. The van der Waals surface area contributed by atoms with E-state index in [4.69, 9.17) is 25.5 Å². The SMILES string of the molecule is NN(Cc1cnc2c(N3CCOCC3)nc(-c3cccc(N=O)c3)nc2c1)C1CC1. The van der Waals surface area contributed by atoms with E-state index in [0.717, 1.165) is 53.9 Å². The lowest BCUT2D eigenvalue weighted by atomic mass is 10.1. The molecule has 154 valence electrons. The number of nitrogens with zero attached hydrogens (tertiary/aromatic N) is 6. The molecule has 2 aromatic heterocycles. The van der Waals surface area contributed by atoms with Crippen LogP contribution in [-0.4, -0.2) is 52.3 Å². The summed E-state index contributed by atoms with van der Waals surface area (Å²) in [4.78, 5) is 27.4. The van der Waals surface area contributed by atoms with Crippen LogP contribution in [0.1, 0.15) is 18.4 Å². The Morgan fingerprint density at radius 3 is 2.80 bits per heavy atom. The van der Waals surface area contributed by atoms with Crippen molar-refractivity contribution in [2.75, 3.05) is 31.2 Å². The van der Waals surface area contributed by atoms with Crippen LogP contribution in [-0.2, 0) is 11.3 Å². The lowest BCUT2D eigenvalue weighted by molar-refractivity contribution is 0.122. The van der Waals surface area contributed by atoms with Gasteiger partial charge in [-0.3, -0.25) is 10.8 Å². The molecule has 0 unspecified atom stereocenters. The third-order valence-corrected chi connectivity index (χ3v) is 5.48. The maximum Gasteiger partial charge on any atom is 0.162 e. The van der Waals surface area contributed by atoms with Crippen LogP contribution in [0.3, 0.4) is 0 Å². The van der Waals surface area contributed by atoms with Gasteiger partial charge in [-0.2, -0.15) is 0 Å². The second-order valence-corrected chi connectivity index (χ2v) is 7.73. The summed E-state index contributed by atoms with van der Waals surface area (Å²) in [7, 11) is 0. The van der Waals surface area contributed by atoms with Gasteiger partial charge in [0.15, 0.2) is 11.6 Å². The topological polar surface area (TPSA) is 110 Å². The molecule has 5 rings (SSSR count). The number of fused-ring (bicyclic) bond motifs is 1. The van der Waals surface area contributed by atoms with Crippen LogP contribution in [0.2, 0.25) is 0 Å². The maximum atomic E-state index is 11.0. The van der Waals surface area contributed by atoms with Gasteiger partial charge in [0, 0.05) is 37.4 Å². The number of anilines is 1. The third kappa shape index (κ3) is 3.87. The Labute approximate surface area is 173 Å². The van der Waals surface area contributed by atoms with Gasteiger partial charge in [0.25, 0.3) is 0 Å². The molecule has 0 radical (unpaired) electrons. The van der Waals surface area contributed by atoms with Gasteiger partial charge in [-0.05, 0) is 41.8 Å². The van der Waals surface area contributed by atoms with Crippen molar-refractivity contribution >= 4 is 22.5 Å². The highest BCUT2D eigenvalue weighted by Gasteiger charge is 2.27. The van der Waals surface area contributed by atoms with Crippen LogP contribution in [0.5, 0.6) is 0 Å². The number of ether oxygens (including phenoxy) is 1. The number of rotatable bonds is 6. The molecule has 9 nitrogen and oxygen atoms in total. The minimum atomic E-state index is 0.346. The van der Waals surface area contributed by atoms with Gasteiger partial charge in [0.1, 0.15) is 11.2 Å². The number of hydrazine groups is 1. The third-order valence-electron chi connectivity index (χ3n) is 5.48. The molecular weight excluding hydrogens is 382 g/mol. The van der Waals surface area contributed by atoms with E-state index in [-0.39, 0.29) is 0 Å². The zero-order chi connectivity index (χ0) is 20.5. The molecule has 3 aromatic rings. The average molecular weight is 405 g/mol. The Hall–Kier alpha value is -3.01. The van der Waals surface area contributed by atoms with Gasteiger partial charge in [0.05, 0.1) is 18.7 Å². The fourth-order valence-electron chi connectivity index (χ4n) is 3.70. The minimum absolute atomic E-state index is 0.346. The molecule has 1 aliphatic heterocycles. The van der Waals surface area contributed by atoms with E-state index in [9.17, 15) is 4.91 Å². The highest BCUT2D eigenvalue weighted by molar-refractivity contribution is 5.88. The van der Waals surface area contributed by atoms with Crippen LogP contribution >= 0.6 is 0 Å². The Morgan fingerprint density at radius 2 is 2.03 bits per heavy atom. The molecule has 1 saturated carbocycles. The second kappa shape index (κ2) is 8.02. The largest absolute Gasteiger partial charge is 0.378 e. The summed E-state index contributed by atoms with van der Waals surface area (Å²) in [5.74, 6) is 7.49. The van der Waals surface area contributed by atoms with Crippen molar-refractivity contribution in [2.24, 2.45) is 11.0 Å². The zero-order valence-electron chi connectivity index (χ0n) is 16.6. The van der Waals surface area contributed by atoms with Crippen molar-refractivity contribution in [3.05, 3.63) is 47.0 Å². The van der Waals surface area contributed by atoms with E-state index in [1.165, 1.54) is 0 Å². The fourth-order valence-corrected chi connectivity index (χ4v) is 3.70. The Bertz CT molecular complexity index is 1080. The summed E-state index contributed by atoms with van der Waals surface area (Å²) < 4.78 is 5.50. The van der Waals surface area contributed by atoms with Crippen molar-refractivity contribution in [3.63, 3.8) is 0 Å². The Kier molecular flexibility index (Phi) is 5.07. The maximum absolute atomic E-state index is 11.0. The van der Waals surface area contributed by atoms with Gasteiger partial charge in [-0.25, -0.2) is 15.0 Å². The van der Waals surface area contributed by atoms with Gasteiger partial charge in [-0.1, -0.05) is 12.1 Å². The van der Waals surface area contributed by atoms with E-state index < -0.39 is 0 Å². The number of benzene rings is 1. The molecule has 2 N–H and O–H groups in total. The van der Waals surface area contributed by atoms with Crippen LogP contribution < -0.4 is 10.7 Å². The standard InChI is InChI=1S/C21H23N7O2/c22-28(17-4-5-17)13-14-10-18-19(23-12-14)21(27-6-8-30-9-7-27)25-20(24-18)15-2-1-3-16(11-15)26-29/h1-3,10-12,17H,4-9,13,22H2. The molecule has 1 aliphatic carbocycles. The predicted octanol–water partition coefficient (Wildman–Crippen LogP) is 2.76. The van der Waals surface area contributed by atoms with Crippen molar-refractivity contribution in [1.82, 2.24) is 20.0 Å². The van der Waals surface area contributed by atoms with Crippen molar-refractivity contribution in [3.8, 4) is 11.4 Å². The van der Waals surface area contributed by atoms with Crippen molar-refractivity contribution in [2.45, 2.75) is 25.4 Å². The first kappa shape index (κ1) is 19.0. The minimum Gasteiger partial charge on any atom is -0.378 e. The smallest absolute Gasteiger partial charge is 0.162 e. The van der Waals surface area contributed by atoms with Crippen LogP contribution in [0.15, 0.2) is 41.7 Å². The van der Waals surface area contributed by atoms with Crippen LogP contribution in [0.25, 0.3) is 22.4 Å². The Balaban J connectivity index is 1.60. The number of hydrogen-bond acceptors (Lipinski definition) is 9. The first-order chi connectivity index (χ1) is 14.7. The van der Waals surface area contributed by atoms with E-state index in [1.807, 2.05) is 23.3 Å². The molecule has 0 amide bonds. The number of nitroso groups, excluding NO2 is 1. The summed E-state index contributed by atoms with van der Waals surface area (Å²) >= 11 is 0. The molecule has 9 heteroatoms. The highest BCUT2D eigenvalue weighted by Crippen LogP contribution is 2.30. The fraction of sp³-hybridized carbons (Fsp3) is 0.381. The monoisotopic (exact) mass is 405 g/mol. The predicted molar refractivity (Wildman–Crippen MR) is 114 cm³/mol. The van der Waals surface area contributed by atoms with Crippen LogP contribution in [0, 0.1) is 4.91 Å². The molecular formula is C21H23N7O2. The first-order valence-electron chi connectivity index (χ1n) is 10.2. The van der Waals surface area contributed by atoms with Crippen LogP contribution in [0.4, 0.5) is 11.5 Å². The number of nitrogens with two attached hydrogens (primary N) is 1. The van der Waals surface area contributed by atoms with E-state index in [0.29, 0.717) is 37.3 Å². The van der Waals surface area contributed by atoms with Crippen molar-refractivity contribution in [1.29, 1.82) is 0 Å². The summed E-state index contributed by atoms with van der Waals surface area (Å²) in [5, 5.41) is 4.90. The summed E-state index contributed by atoms with van der Waals surface area (Å²) in [6, 6.07) is 9.51. The summed E-state index contributed by atoms with van der Waals surface area (Å²) in [6.07, 6.45) is 4.15. The van der Waals surface area contributed by atoms with Gasteiger partial charge in [0.2, 0.25) is 0 Å². The number of morpholine rings is 1. The number of hydrogen-bond donors (Lipinski definition) is 1. The van der Waals surface area contributed by atoms with E-state index in [1.54, 1.807) is 18.2 Å². The molecule has 2 fully saturated rings. The second-order valence-electron chi connectivity index (χ2n) is 7.73. The van der Waals surface area contributed by atoms with E-state index >= 15 is 0 Å². The molecule has 2 aliphatic rings. The quantitative estimate of drug-likeness (QED) is 0.379.